The molecule has 0 bridgehead atoms. The molecule has 242 valence electrons. The molecule has 3 N–H and O–H groups in total. The highest BCUT2D eigenvalue weighted by atomic mass is 19.1. The minimum absolute atomic E-state index is 0.0315. The average Bonchev–Trinajstić information content (AvgIpc) is 3.04. The maximum absolute atomic E-state index is 14.0. The second-order valence-corrected chi connectivity index (χ2v) is 9.80. The molecule has 0 aliphatic carbocycles. The molecule has 0 radical (unpaired) electrons. The summed E-state index contributed by atoms with van der Waals surface area (Å²) in [5.74, 6) is -0.0380. The molecule has 0 saturated carbocycles. The summed E-state index contributed by atoms with van der Waals surface area (Å²) in [5.41, 5.74) is 4.62. The molecule has 1 heterocycles. The molecule has 1 atom stereocenters. The van der Waals surface area contributed by atoms with Crippen molar-refractivity contribution in [3.05, 3.63) is 94.4 Å². The van der Waals surface area contributed by atoms with Crippen LogP contribution >= 0.6 is 0 Å². The van der Waals surface area contributed by atoms with Crippen molar-refractivity contribution in [2.24, 2.45) is 5.10 Å². The van der Waals surface area contributed by atoms with Crippen LogP contribution in [0.1, 0.15) is 43.5 Å². The Labute approximate surface area is 265 Å². The number of halogens is 1. The van der Waals surface area contributed by atoms with Gasteiger partial charge in [-0.1, -0.05) is 24.3 Å². The molecule has 12 nitrogen and oxygen atoms in total. The summed E-state index contributed by atoms with van der Waals surface area (Å²) in [4.78, 5) is 37.2. The zero-order chi connectivity index (χ0) is 33.1. The Kier molecular flexibility index (Phi) is 11.5. The molecular weight excluding hydrogens is 599 g/mol. The molecule has 4 rings (SSSR count). The Morgan fingerprint density at radius 3 is 2.46 bits per heavy atom. The maximum Gasteiger partial charge on any atom is 0.338 e. The first kappa shape index (κ1) is 33.3. The summed E-state index contributed by atoms with van der Waals surface area (Å²) < 4.78 is 41.7. The number of methoxy groups -OCH3 is 1. The van der Waals surface area contributed by atoms with Gasteiger partial charge in [-0.2, -0.15) is 5.10 Å². The second kappa shape index (κ2) is 15.9. The standard InChI is InChI=1S/C33H35FN4O8/c1-5-43-28-15-21(11-13-26(28)45-18-23-9-7-8-10-24(23)34)17-35-38-29(39)19-46-25-14-12-22(16-27(25)42-4)31-30(32(40)44-6-2)20(3)36-33(41)37-31/h7-17,31H,5-6,18-19H2,1-4H3,(H,38,39)(H2,36,37,41)/b35-17-/t31-/m0/s1. The number of rotatable bonds is 14. The van der Waals surface area contributed by atoms with E-state index in [4.69, 9.17) is 23.7 Å². The predicted octanol–water partition coefficient (Wildman–Crippen LogP) is 4.53. The third-order valence-corrected chi connectivity index (χ3v) is 6.66. The van der Waals surface area contributed by atoms with E-state index < -0.39 is 23.9 Å². The number of urea groups is 1. The highest BCUT2D eigenvalue weighted by Crippen LogP contribution is 2.35. The first-order valence-electron chi connectivity index (χ1n) is 14.4. The van der Waals surface area contributed by atoms with Gasteiger partial charge in [0.05, 0.1) is 38.2 Å². The minimum atomic E-state index is -0.788. The summed E-state index contributed by atoms with van der Waals surface area (Å²) in [7, 11) is 1.43. The number of hydrogen-bond acceptors (Lipinski definition) is 9. The zero-order valence-electron chi connectivity index (χ0n) is 25.8. The quantitative estimate of drug-likeness (QED) is 0.133. The van der Waals surface area contributed by atoms with Crippen molar-refractivity contribution in [1.29, 1.82) is 0 Å². The third-order valence-electron chi connectivity index (χ3n) is 6.66. The zero-order valence-corrected chi connectivity index (χ0v) is 25.8. The van der Waals surface area contributed by atoms with Gasteiger partial charge in [0.25, 0.3) is 5.91 Å². The molecule has 13 heteroatoms. The SMILES string of the molecule is CCOC(=O)C1=C(C)NC(=O)N[C@H]1c1ccc(OCC(=O)N/N=C\c2ccc(OCc3ccccc3F)c(OCC)c2)c(OC)c1. The summed E-state index contributed by atoms with van der Waals surface area (Å²) >= 11 is 0. The molecule has 3 aromatic carbocycles. The number of amides is 3. The number of esters is 1. The number of ether oxygens (including phenoxy) is 5. The number of benzene rings is 3. The molecule has 0 spiro atoms. The number of hydrazone groups is 1. The van der Waals surface area contributed by atoms with E-state index in [1.807, 2.05) is 6.92 Å². The van der Waals surface area contributed by atoms with Crippen molar-refractivity contribution in [1.82, 2.24) is 16.1 Å². The van der Waals surface area contributed by atoms with Crippen LogP contribution in [0.25, 0.3) is 0 Å². The van der Waals surface area contributed by atoms with Crippen LogP contribution in [0, 0.1) is 5.82 Å². The number of carbonyl (C=O) groups is 3. The number of carbonyl (C=O) groups excluding carboxylic acids is 3. The van der Waals surface area contributed by atoms with Crippen LogP contribution < -0.4 is 35.0 Å². The first-order valence-corrected chi connectivity index (χ1v) is 14.4. The van der Waals surface area contributed by atoms with Crippen LogP contribution in [0.5, 0.6) is 23.0 Å². The molecule has 3 amide bonds. The topological polar surface area (TPSA) is 146 Å². The van der Waals surface area contributed by atoms with Crippen LogP contribution in [-0.2, 0) is 20.9 Å². The summed E-state index contributed by atoms with van der Waals surface area (Å²) in [6.07, 6.45) is 1.43. The minimum Gasteiger partial charge on any atom is -0.493 e. The molecule has 46 heavy (non-hydrogen) atoms. The van der Waals surface area contributed by atoms with Gasteiger partial charge in [0.2, 0.25) is 0 Å². The van der Waals surface area contributed by atoms with E-state index in [1.165, 1.54) is 19.4 Å². The Morgan fingerprint density at radius 2 is 1.72 bits per heavy atom. The predicted molar refractivity (Wildman–Crippen MR) is 166 cm³/mol. The van der Waals surface area contributed by atoms with E-state index in [1.54, 1.807) is 68.4 Å². The summed E-state index contributed by atoms with van der Waals surface area (Å²) in [6, 6.07) is 15.0. The number of nitrogens with one attached hydrogen (secondary N) is 3. The second-order valence-electron chi connectivity index (χ2n) is 9.80. The fourth-order valence-corrected chi connectivity index (χ4v) is 4.52. The Bertz CT molecular complexity index is 1640. The van der Waals surface area contributed by atoms with Crippen LogP contribution in [0.3, 0.4) is 0 Å². The van der Waals surface area contributed by atoms with Gasteiger partial charge < -0.3 is 34.3 Å². The van der Waals surface area contributed by atoms with Gasteiger partial charge in [-0.3, -0.25) is 4.79 Å². The van der Waals surface area contributed by atoms with Gasteiger partial charge >= 0.3 is 12.0 Å². The summed E-state index contributed by atoms with van der Waals surface area (Å²) in [6.45, 7) is 5.34. The smallest absolute Gasteiger partial charge is 0.338 e. The van der Waals surface area contributed by atoms with Gasteiger partial charge in [-0.25, -0.2) is 19.4 Å². The van der Waals surface area contributed by atoms with E-state index >= 15 is 0 Å². The molecule has 1 aliphatic heterocycles. The molecule has 0 unspecified atom stereocenters. The molecule has 3 aromatic rings. The number of hydrogen-bond donors (Lipinski definition) is 3. The third kappa shape index (κ3) is 8.52. The average molecular weight is 635 g/mol. The molecule has 0 saturated heterocycles. The largest absolute Gasteiger partial charge is 0.493 e. The van der Waals surface area contributed by atoms with Crippen LogP contribution in [0.2, 0.25) is 0 Å². The lowest BCUT2D eigenvalue weighted by molar-refractivity contribution is -0.139. The molecular formula is C33H35FN4O8. The lowest BCUT2D eigenvalue weighted by Gasteiger charge is -2.28. The van der Waals surface area contributed by atoms with Crippen molar-refractivity contribution >= 4 is 24.1 Å². The van der Waals surface area contributed by atoms with Gasteiger partial charge in [-0.05, 0) is 68.3 Å². The lowest BCUT2D eigenvalue weighted by atomic mass is 9.95. The monoisotopic (exact) mass is 634 g/mol. The van der Waals surface area contributed by atoms with Crippen LogP contribution in [0.15, 0.2) is 77.0 Å². The van der Waals surface area contributed by atoms with Crippen molar-refractivity contribution in [3.8, 4) is 23.0 Å². The van der Waals surface area contributed by atoms with E-state index in [0.717, 1.165) is 0 Å². The van der Waals surface area contributed by atoms with Crippen molar-refractivity contribution in [2.45, 2.75) is 33.4 Å². The molecule has 0 fully saturated rings. The Hall–Kier alpha value is -5.59. The van der Waals surface area contributed by atoms with Crippen molar-refractivity contribution in [2.75, 3.05) is 26.9 Å². The van der Waals surface area contributed by atoms with Crippen molar-refractivity contribution in [3.63, 3.8) is 0 Å². The Balaban J connectivity index is 1.36. The van der Waals surface area contributed by atoms with E-state index in [9.17, 15) is 18.8 Å². The van der Waals surface area contributed by atoms with Crippen LogP contribution in [0.4, 0.5) is 9.18 Å². The van der Waals surface area contributed by atoms with Crippen molar-refractivity contribution < 1.29 is 42.5 Å². The van der Waals surface area contributed by atoms with E-state index in [0.29, 0.717) is 40.5 Å². The molecule has 0 aromatic heterocycles. The fraction of sp³-hybridized carbons (Fsp3) is 0.273. The van der Waals surface area contributed by atoms with Gasteiger partial charge in [0.1, 0.15) is 12.4 Å². The first-order chi connectivity index (χ1) is 22.2. The number of allylic oxidation sites excluding steroid dienone is 1. The van der Waals surface area contributed by atoms with Gasteiger partial charge in [0.15, 0.2) is 29.6 Å². The number of nitrogens with zero attached hydrogens (tertiary/aromatic N) is 1. The van der Waals surface area contributed by atoms with E-state index in [-0.39, 0.29) is 42.7 Å². The van der Waals surface area contributed by atoms with E-state index in [2.05, 4.69) is 21.2 Å². The van der Waals surface area contributed by atoms with Gasteiger partial charge in [-0.15, -0.1) is 0 Å². The fourth-order valence-electron chi connectivity index (χ4n) is 4.52. The summed E-state index contributed by atoms with van der Waals surface area (Å²) in [5, 5.41) is 9.30. The van der Waals surface area contributed by atoms with Gasteiger partial charge in [0, 0.05) is 11.3 Å². The highest BCUT2D eigenvalue weighted by molar-refractivity contribution is 5.95. The Morgan fingerprint density at radius 1 is 0.957 bits per heavy atom. The highest BCUT2D eigenvalue weighted by Gasteiger charge is 2.32. The van der Waals surface area contributed by atoms with Crippen LogP contribution in [-0.4, -0.2) is 51.1 Å². The lowest BCUT2D eigenvalue weighted by Crippen LogP contribution is -2.45. The normalized spacial score (nSPS) is 14.3. The molecule has 1 aliphatic rings. The maximum atomic E-state index is 14.0.